The molecule has 6 rings (SSSR count). The van der Waals surface area contributed by atoms with Gasteiger partial charge in [0.1, 0.15) is 11.2 Å². The number of ether oxygens (including phenoxy) is 4. The Labute approximate surface area is 260 Å². The SMILES string of the molecule is C.I.[C-]#[N+]C(C)C[C@H]1CC[C@@H]2O[C@@H]3C[C@]2(C=C(C)C3C)O1.[C-]#[N+][C@H](C)C[C@H]1CC[C@@H]2O[C@@H]3C[C@]2(C=C(C)C3C)O1. The fourth-order valence-corrected chi connectivity index (χ4v) is 7.71. The maximum absolute atomic E-state index is 7.10. The molecule has 224 valence electrons. The molecule has 2 aliphatic carbocycles. The molecule has 2 spiro atoms. The predicted molar refractivity (Wildman–Crippen MR) is 170 cm³/mol. The van der Waals surface area contributed by atoms with Crippen LogP contribution in [0.4, 0.5) is 0 Å². The molecule has 6 aliphatic rings. The Morgan fingerprint density at radius 1 is 0.775 bits per heavy atom. The highest BCUT2D eigenvalue weighted by Crippen LogP contribution is 2.51. The van der Waals surface area contributed by atoms with Crippen LogP contribution in [0.5, 0.6) is 0 Å². The molecule has 0 aromatic rings. The quantitative estimate of drug-likeness (QED) is 0.174. The van der Waals surface area contributed by atoms with Crippen molar-refractivity contribution in [2.45, 2.75) is 160 Å². The summed E-state index contributed by atoms with van der Waals surface area (Å²) in [7, 11) is 0. The first kappa shape index (κ1) is 33.5. The third-order valence-electron chi connectivity index (χ3n) is 10.2. The zero-order valence-electron chi connectivity index (χ0n) is 24.5. The van der Waals surface area contributed by atoms with Crippen molar-refractivity contribution in [1.29, 1.82) is 0 Å². The van der Waals surface area contributed by atoms with E-state index in [1.54, 1.807) is 0 Å². The monoisotopic (exact) mass is 666 g/mol. The molecule has 0 saturated carbocycles. The minimum atomic E-state index is -0.189. The summed E-state index contributed by atoms with van der Waals surface area (Å²) in [5.41, 5.74) is 2.42. The van der Waals surface area contributed by atoms with Crippen LogP contribution in [-0.2, 0) is 18.9 Å². The first-order chi connectivity index (χ1) is 18.1. The molecular formula is C33H51IN2O4. The minimum absolute atomic E-state index is 0. The Kier molecular flexibility index (Phi) is 11.0. The van der Waals surface area contributed by atoms with Gasteiger partial charge >= 0.3 is 0 Å². The van der Waals surface area contributed by atoms with Gasteiger partial charge in [-0.25, -0.2) is 13.1 Å². The van der Waals surface area contributed by atoms with Gasteiger partial charge in [0.15, 0.2) is 0 Å². The molecule has 4 aliphatic heterocycles. The normalized spacial score (nSPS) is 43.8. The maximum Gasteiger partial charge on any atom is 0.223 e. The van der Waals surface area contributed by atoms with E-state index in [0.717, 1.165) is 51.4 Å². The van der Waals surface area contributed by atoms with Gasteiger partial charge in [-0.1, -0.05) is 44.6 Å². The first-order valence-corrected chi connectivity index (χ1v) is 14.9. The summed E-state index contributed by atoms with van der Waals surface area (Å²) in [6, 6.07) is 0.118. The third-order valence-corrected chi connectivity index (χ3v) is 10.2. The Morgan fingerprint density at radius 2 is 1.15 bits per heavy atom. The van der Waals surface area contributed by atoms with Crippen molar-refractivity contribution in [3.63, 3.8) is 0 Å². The number of fused-ring (bicyclic) bond motifs is 2. The van der Waals surface area contributed by atoms with E-state index in [1.807, 2.05) is 13.8 Å². The van der Waals surface area contributed by atoms with Gasteiger partial charge in [-0.05, 0) is 39.5 Å². The average molecular weight is 667 g/mol. The van der Waals surface area contributed by atoms with E-state index >= 15 is 0 Å². The van der Waals surface area contributed by atoms with Crippen LogP contribution in [0.2, 0.25) is 0 Å². The second-order valence-electron chi connectivity index (χ2n) is 13.1. The summed E-state index contributed by atoms with van der Waals surface area (Å²) in [5.74, 6) is 1.03. The van der Waals surface area contributed by atoms with E-state index in [9.17, 15) is 0 Å². The summed E-state index contributed by atoms with van der Waals surface area (Å²) in [6.45, 7) is 27.1. The molecule has 3 unspecified atom stereocenters. The van der Waals surface area contributed by atoms with Gasteiger partial charge in [0.05, 0.1) is 36.6 Å². The smallest absolute Gasteiger partial charge is 0.223 e. The summed E-state index contributed by atoms with van der Waals surface area (Å²) < 4.78 is 25.2. The van der Waals surface area contributed by atoms with Crippen LogP contribution in [0.25, 0.3) is 9.69 Å². The van der Waals surface area contributed by atoms with Gasteiger partial charge in [0, 0.05) is 51.4 Å². The summed E-state index contributed by atoms with van der Waals surface area (Å²) in [5, 5.41) is 0. The maximum atomic E-state index is 7.10. The second kappa shape index (κ2) is 13.1. The molecule has 0 radical (unpaired) electrons. The zero-order chi connectivity index (χ0) is 27.2. The lowest BCUT2D eigenvalue weighted by Crippen LogP contribution is -2.48. The van der Waals surface area contributed by atoms with Crippen molar-refractivity contribution >= 4 is 24.0 Å². The third kappa shape index (κ3) is 6.35. The first-order valence-electron chi connectivity index (χ1n) is 14.9. The van der Waals surface area contributed by atoms with Gasteiger partial charge in [0.2, 0.25) is 12.1 Å². The summed E-state index contributed by atoms with van der Waals surface area (Å²) >= 11 is 0. The van der Waals surface area contributed by atoms with Gasteiger partial charge in [-0.2, -0.15) is 0 Å². The molecule has 0 aromatic heterocycles. The molecule has 6 nitrogen and oxygen atoms in total. The molecule has 4 saturated heterocycles. The lowest BCUT2D eigenvalue weighted by Gasteiger charge is -2.41. The van der Waals surface area contributed by atoms with Crippen molar-refractivity contribution in [3.05, 3.63) is 46.1 Å². The van der Waals surface area contributed by atoms with E-state index in [0.29, 0.717) is 24.0 Å². The molecular weight excluding hydrogens is 615 g/mol. The zero-order valence-corrected chi connectivity index (χ0v) is 26.9. The molecule has 4 fully saturated rings. The lowest BCUT2D eigenvalue weighted by molar-refractivity contribution is -0.141. The Morgan fingerprint density at radius 3 is 1.50 bits per heavy atom. The molecule has 12 atom stereocenters. The highest BCUT2D eigenvalue weighted by molar-refractivity contribution is 14.0. The van der Waals surface area contributed by atoms with Crippen LogP contribution >= 0.6 is 24.0 Å². The lowest BCUT2D eigenvalue weighted by atomic mass is 9.77. The number of nitrogens with zero attached hydrogens (tertiary/aromatic N) is 2. The minimum Gasteiger partial charge on any atom is -0.371 e. The van der Waals surface area contributed by atoms with Crippen molar-refractivity contribution < 1.29 is 18.9 Å². The topological polar surface area (TPSA) is 45.6 Å². The fourth-order valence-electron chi connectivity index (χ4n) is 7.71. The van der Waals surface area contributed by atoms with Crippen molar-refractivity contribution in [3.8, 4) is 0 Å². The fraction of sp³-hybridized carbons (Fsp3) is 0.818. The highest BCUT2D eigenvalue weighted by atomic mass is 127. The van der Waals surface area contributed by atoms with E-state index in [4.69, 9.17) is 32.1 Å². The van der Waals surface area contributed by atoms with Crippen LogP contribution < -0.4 is 0 Å². The number of rotatable bonds is 4. The van der Waals surface area contributed by atoms with E-state index in [2.05, 4.69) is 49.5 Å². The van der Waals surface area contributed by atoms with E-state index in [-0.39, 0.29) is 79.1 Å². The largest absolute Gasteiger partial charge is 0.371 e. The molecule has 7 heteroatoms. The van der Waals surface area contributed by atoms with E-state index in [1.165, 1.54) is 11.1 Å². The number of hydrogen-bond acceptors (Lipinski definition) is 4. The second-order valence-corrected chi connectivity index (χ2v) is 13.1. The van der Waals surface area contributed by atoms with Gasteiger partial charge in [-0.3, -0.25) is 0 Å². The molecule has 4 bridgehead atoms. The van der Waals surface area contributed by atoms with Crippen LogP contribution in [0.3, 0.4) is 0 Å². The van der Waals surface area contributed by atoms with Crippen LogP contribution in [-0.4, -0.2) is 59.9 Å². The molecule has 4 heterocycles. The summed E-state index contributed by atoms with van der Waals surface area (Å²) in [4.78, 5) is 7.19. The van der Waals surface area contributed by atoms with E-state index < -0.39 is 0 Å². The van der Waals surface area contributed by atoms with Crippen molar-refractivity contribution in [2.75, 3.05) is 0 Å². The van der Waals surface area contributed by atoms with Crippen LogP contribution in [0.1, 0.15) is 100 Å². The number of halogens is 1. The summed E-state index contributed by atoms with van der Waals surface area (Å²) in [6.07, 6.45) is 14.1. The van der Waals surface area contributed by atoms with Gasteiger partial charge in [-0.15, -0.1) is 24.0 Å². The van der Waals surface area contributed by atoms with Gasteiger partial charge in [0.25, 0.3) is 0 Å². The Bertz CT molecular complexity index is 966. The average Bonchev–Trinajstić information content (AvgIpc) is 3.39. The predicted octanol–water partition coefficient (Wildman–Crippen LogP) is 7.97. The Balaban J connectivity index is 0.000000210. The highest BCUT2D eigenvalue weighted by Gasteiger charge is 2.56. The number of hydrogen-bond donors (Lipinski definition) is 0. The molecule has 0 aromatic carbocycles. The molecule has 40 heavy (non-hydrogen) atoms. The molecule has 0 amide bonds. The standard InChI is InChI=1S/2C16H23NO2.CH4.HI/c2*1-10-8-16-9-14(12(10)3)18-15(16)6-5-13(19-16)7-11(2)17-4;;/h2*8,11-15H,5-7,9H2,1-3H3;1H4;1H/t11?,12?,13-,14-,15+,16+;11-,12?,13-,14-,15+,16+;;/m11../s1. The van der Waals surface area contributed by atoms with Crippen LogP contribution in [0.15, 0.2) is 23.3 Å². The van der Waals surface area contributed by atoms with Crippen molar-refractivity contribution in [1.82, 2.24) is 0 Å². The Hall–Kier alpha value is -0.970. The van der Waals surface area contributed by atoms with Crippen molar-refractivity contribution in [2.24, 2.45) is 11.8 Å². The van der Waals surface area contributed by atoms with Crippen LogP contribution in [0, 0.1) is 25.0 Å². The molecule has 0 N–H and O–H groups in total. The van der Waals surface area contributed by atoms with Gasteiger partial charge < -0.3 is 28.6 Å².